The Labute approximate surface area is 118 Å². The van der Waals surface area contributed by atoms with Gasteiger partial charge in [-0.1, -0.05) is 26.2 Å². The smallest absolute Gasteiger partial charge is 0.312 e. The molecule has 1 aliphatic heterocycles. The fourth-order valence-corrected chi connectivity index (χ4v) is 2.15. The third-order valence-electron chi connectivity index (χ3n) is 3.13. The fourth-order valence-electron chi connectivity index (χ4n) is 2.15. The van der Waals surface area contributed by atoms with Crippen molar-refractivity contribution in [3.63, 3.8) is 0 Å². The molecule has 0 radical (unpaired) electrons. The number of nitrogens with one attached hydrogen (secondary N) is 1. The van der Waals surface area contributed by atoms with Crippen molar-refractivity contribution in [1.82, 2.24) is 10.3 Å². The molecule has 0 saturated carbocycles. The van der Waals surface area contributed by atoms with Crippen molar-refractivity contribution in [2.45, 2.75) is 45.6 Å². The zero-order chi connectivity index (χ0) is 15.1. The number of nitrogens with zero attached hydrogens (tertiary/aromatic N) is 3. The van der Waals surface area contributed by atoms with Crippen LogP contribution in [0.25, 0.3) is 0 Å². The number of rotatable bonds is 7. The molecular weight excluding hydrogens is 262 g/mol. The van der Waals surface area contributed by atoms with Gasteiger partial charge in [-0.15, -0.1) is 0 Å². The third kappa shape index (κ3) is 3.60. The van der Waals surface area contributed by atoms with E-state index in [0.717, 1.165) is 19.3 Å². The van der Waals surface area contributed by atoms with Crippen LogP contribution in [0.5, 0.6) is 0 Å². The van der Waals surface area contributed by atoms with Crippen molar-refractivity contribution in [3.05, 3.63) is 21.6 Å². The van der Waals surface area contributed by atoms with Gasteiger partial charge in [-0.3, -0.25) is 10.1 Å². The largest absolute Gasteiger partial charge is 0.467 e. The Morgan fingerprint density at radius 1 is 1.50 bits per heavy atom. The Balaban J connectivity index is 3.09. The van der Waals surface area contributed by atoms with Crippen LogP contribution in [0.2, 0.25) is 0 Å². The topological polar surface area (TPSA) is 106 Å². The maximum Gasteiger partial charge on any atom is 0.312 e. The first-order valence-electron chi connectivity index (χ1n) is 6.85. The van der Waals surface area contributed by atoms with Gasteiger partial charge >= 0.3 is 11.7 Å². The molecule has 0 bridgehead atoms. The Morgan fingerprint density at radius 2 is 2.20 bits per heavy atom. The minimum atomic E-state index is -0.530. The average molecular weight is 285 g/mol. The lowest BCUT2D eigenvalue weighted by Crippen LogP contribution is -2.51. The summed E-state index contributed by atoms with van der Waals surface area (Å²) in [4.78, 5) is 15.0. The summed E-state index contributed by atoms with van der Waals surface area (Å²) in [6.07, 6.45) is 3.51. The summed E-state index contributed by atoms with van der Waals surface area (Å²) in [5.74, 6) is 6.15. The van der Waals surface area contributed by atoms with Crippen LogP contribution >= 0.6 is 0 Å². The summed E-state index contributed by atoms with van der Waals surface area (Å²) >= 11 is 0. The van der Waals surface area contributed by atoms with Crippen molar-refractivity contribution in [3.8, 4) is 0 Å². The lowest BCUT2D eigenvalue weighted by molar-refractivity contribution is -0.435. The van der Waals surface area contributed by atoms with E-state index >= 15 is 0 Å². The molecule has 1 atom stereocenters. The third-order valence-corrected chi connectivity index (χ3v) is 3.13. The van der Waals surface area contributed by atoms with E-state index in [4.69, 9.17) is 10.6 Å². The van der Waals surface area contributed by atoms with Gasteiger partial charge in [0.15, 0.2) is 0 Å². The number of nitrogens with two attached hydrogens (primary N) is 1. The van der Waals surface area contributed by atoms with Gasteiger partial charge in [-0.05, 0) is 13.3 Å². The molecule has 20 heavy (non-hydrogen) atoms. The van der Waals surface area contributed by atoms with Crippen LogP contribution in [0.15, 0.2) is 16.5 Å². The Hall–Kier alpha value is -1.83. The number of unbranched alkanes of at least 4 members (excludes halogenated alkanes) is 2. The van der Waals surface area contributed by atoms with E-state index in [1.54, 1.807) is 0 Å². The molecule has 0 fully saturated rings. The standard InChI is InChI=1S/C12H23N5O3/c1-4-6-7-8-9-10(17(18)19)11(14-5-2)15-12(20-3)16(9)13/h9,14H,4-8,13H2,1-3H3. The first kappa shape index (κ1) is 16.2. The minimum Gasteiger partial charge on any atom is -0.467 e. The van der Waals surface area contributed by atoms with E-state index in [-0.39, 0.29) is 17.5 Å². The lowest BCUT2D eigenvalue weighted by Gasteiger charge is -2.30. The highest BCUT2D eigenvalue weighted by Gasteiger charge is 2.39. The van der Waals surface area contributed by atoms with E-state index in [1.807, 2.05) is 6.92 Å². The molecule has 0 amide bonds. The van der Waals surface area contributed by atoms with Crippen LogP contribution in [0.1, 0.15) is 39.5 Å². The highest BCUT2D eigenvalue weighted by Crippen LogP contribution is 2.24. The van der Waals surface area contributed by atoms with Crippen LogP contribution in [-0.4, -0.2) is 35.7 Å². The first-order valence-corrected chi connectivity index (χ1v) is 6.85. The van der Waals surface area contributed by atoms with Gasteiger partial charge in [0.05, 0.1) is 12.0 Å². The molecule has 8 nitrogen and oxygen atoms in total. The monoisotopic (exact) mass is 285 g/mol. The predicted octanol–water partition coefficient (Wildman–Crippen LogP) is 1.18. The Kier molecular flexibility index (Phi) is 6.23. The number of hydrazine groups is 1. The van der Waals surface area contributed by atoms with E-state index in [9.17, 15) is 10.1 Å². The summed E-state index contributed by atoms with van der Waals surface area (Å²) in [7, 11) is 1.45. The highest BCUT2D eigenvalue weighted by atomic mass is 16.6. The molecule has 1 rings (SSSR count). The molecule has 114 valence electrons. The Morgan fingerprint density at radius 3 is 2.70 bits per heavy atom. The number of amidine groups is 1. The summed E-state index contributed by atoms with van der Waals surface area (Å²) in [6, 6.07) is -0.342. The second-order valence-corrected chi connectivity index (χ2v) is 4.54. The zero-order valence-electron chi connectivity index (χ0n) is 12.3. The number of ether oxygens (including phenoxy) is 1. The van der Waals surface area contributed by atoms with Gasteiger partial charge in [-0.2, -0.15) is 4.99 Å². The van der Waals surface area contributed by atoms with Crippen molar-refractivity contribution in [1.29, 1.82) is 0 Å². The molecule has 0 aromatic heterocycles. The van der Waals surface area contributed by atoms with Gasteiger partial charge < -0.3 is 10.1 Å². The Bertz CT molecular complexity index is 408. The van der Waals surface area contributed by atoms with Crippen molar-refractivity contribution in [2.75, 3.05) is 13.7 Å². The van der Waals surface area contributed by atoms with Crippen LogP contribution < -0.4 is 11.2 Å². The molecule has 1 aliphatic rings. The quantitative estimate of drug-likeness (QED) is 0.315. The second-order valence-electron chi connectivity index (χ2n) is 4.54. The number of hydrogen-bond donors (Lipinski definition) is 2. The zero-order valence-corrected chi connectivity index (χ0v) is 12.3. The molecule has 8 heteroatoms. The van der Waals surface area contributed by atoms with Gasteiger partial charge in [0, 0.05) is 6.54 Å². The number of methoxy groups -OCH3 is 1. The molecule has 0 saturated heterocycles. The molecule has 0 aromatic rings. The molecular formula is C12H23N5O3. The fraction of sp³-hybridized carbons (Fsp3) is 0.750. The number of aliphatic imine (C=N–C) groups is 1. The molecule has 1 heterocycles. The van der Waals surface area contributed by atoms with Crippen LogP contribution in [0.3, 0.4) is 0 Å². The van der Waals surface area contributed by atoms with E-state index < -0.39 is 11.0 Å². The van der Waals surface area contributed by atoms with Crippen LogP contribution in [0.4, 0.5) is 0 Å². The summed E-state index contributed by atoms with van der Waals surface area (Å²) in [5.41, 5.74) is 0.00579. The molecule has 1 unspecified atom stereocenters. The van der Waals surface area contributed by atoms with E-state index in [1.165, 1.54) is 12.1 Å². The van der Waals surface area contributed by atoms with Gasteiger partial charge in [0.2, 0.25) is 5.82 Å². The number of nitro groups is 1. The molecule has 0 aliphatic carbocycles. The van der Waals surface area contributed by atoms with Crippen LogP contribution in [-0.2, 0) is 4.74 Å². The van der Waals surface area contributed by atoms with E-state index in [2.05, 4.69) is 17.2 Å². The highest BCUT2D eigenvalue weighted by molar-refractivity contribution is 5.76. The predicted molar refractivity (Wildman–Crippen MR) is 76.1 cm³/mol. The molecule has 3 N–H and O–H groups in total. The molecule has 0 spiro atoms. The van der Waals surface area contributed by atoms with E-state index in [0.29, 0.717) is 13.0 Å². The maximum absolute atomic E-state index is 11.3. The lowest BCUT2D eigenvalue weighted by atomic mass is 10.0. The number of hydrogen-bond acceptors (Lipinski definition) is 7. The second kappa shape index (κ2) is 7.68. The van der Waals surface area contributed by atoms with Gasteiger partial charge in [0.25, 0.3) is 0 Å². The summed E-state index contributed by atoms with van der Waals surface area (Å²) in [5, 5.41) is 15.5. The normalized spacial score (nSPS) is 18.9. The van der Waals surface area contributed by atoms with Crippen molar-refractivity contribution >= 4 is 6.02 Å². The average Bonchev–Trinajstić information content (AvgIpc) is 2.41. The summed E-state index contributed by atoms with van der Waals surface area (Å²) in [6.45, 7) is 4.48. The SMILES string of the molecule is CCCCCC1C([N+](=O)[O-])=C(NCC)N=C(OC)N1N. The maximum atomic E-state index is 11.3. The van der Waals surface area contributed by atoms with Gasteiger partial charge in [-0.25, -0.2) is 10.9 Å². The van der Waals surface area contributed by atoms with Crippen molar-refractivity contribution < 1.29 is 9.66 Å². The summed E-state index contributed by atoms with van der Waals surface area (Å²) < 4.78 is 5.10. The molecule has 0 aromatic carbocycles. The minimum absolute atomic E-state index is 0.00579. The van der Waals surface area contributed by atoms with Gasteiger partial charge in [0.1, 0.15) is 6.04 Å². The first-order chi connectivity index (χ1) is 9.56. The van der Waals surface area contributed by atoms with Crippen LogP contribution in [0, 0.1) is 10.1 Å². The van der Waals surface area contributed by atoms with Crippen molar-refractivity contribution in [2.24, 2.45) is 10.8 Å².